The lowest BCUT2D eigenvalue weighted by Crippen LogP contribution is -2.29. The van der Waals surface area contributed by atoms with Gasteiger partial charge in [-0.05, 0) is 54.4 Å². The third-order valence-electron chi connectivity index (χ3n) is 5.79. The quantitative estimate of drug-likeness (QED) is 0.237. The monoisotopic (exact) mass is 471 g/mol. The van der Waals surface area contributed by atoms with Crippen molar-refractivity contribution in [3.05, 3.63) is 101 Å². The number of esters is 1. The minimum atomic E-state index is -0.825. The van der Waals surface area contributed by atoms with Crippen LogP contribution in [0.2, 0.25) is 0 Å². The third kappa shape index (κ3) is 4.80. The van der Waals surface area contributed by atoms with Crippen molar-refractivity contribution in [3.63, 3.8) is 0 Å². The minimum Gasteiger partial charge on any atom is -0.507 e. The van der Waals surface area contributed by atoms with Crippen LogP contribution in [0.3, 0.4) is 0 Å². The molecule has 1 unspecified atom stereocenters. The summed E-state index contributed by atoms with van der Waals surface area (Å²) in [5, 5.41) is 11.1. The average molecular weight is 472 g/mol. The van der Waals surface area contributed by atoms with Crippen LogP contribution in [0.4, 0.5) is 5.69 Å². The van der Waals surface area contributed by atoms with Crippen molar-refractivity contribution in [1.82, 2.24) is 0 Å². The molecule has 0 radical (unpaired) electrons. The Kier molecular flexibility index (Phi) is 6.96. The van der Waals surface area contributed by atoms with Gasteiger partial charge in [0.05, 0.1) is 31.8 Å². The molecule has 1 aliphatic heterocycles. The Morgan fingerprint density at radius 1 is 0.943 bits per heavy atom. The lowest BCUT2D eigenvalue weighted by Gasteiger charge is -2.25. The first kappa shape index (κ1) is 23.8. The number of ether oxygens (including phenoxy) is 2. The first-order chi connectivity index (χ1) is 16.9. The molecule has 1 saturated heterocycles. The molecule has 1 fully saturated rings. The predicted molar refractivity (Wildman–Crippen MR) is 131 cm³/mol. The summed E-state index contributed by atoms with van der Waals surface area (Å²) in [7, 11) is 1.54. The molecule has 0 aromatic heterocycles. The van der Waals surface area contributed by atoms with Crippen LogP contribution in [0.25, 0.3) is 5.76 Å². The largest absolute Gasteiger partial charge is 0.507 e. The number of anilines is 1. The molecule has 0 aliphatic carbocycles. The molecule has 1 N–H and O–H groups in total. The normalized spacial score (nSPS) is 16.9. The van der Waals surface area contributed by atoms with E-state index in [4.69, 9.17) is 9.47 Å². The van der Waals surface area contributed by atoms with Crippen molar-refractivity contribution in [2.24, 2.45) is 0 Å². The summed E-state index contributed by atoms with van der Waals surface area (Å²) in [6.07, 6.45) is 0.104. The van der Waals surface area contributed by atoms with E-state index in [9.17, 15) is 19.5 Å². The molecule has 0 saturated carbocycles. The summed E-state index contributed by atoms with van der Waals surface area (Å²) in [4.78, 5) is 39.6. The number of aliphatic hydroxyl groups is 1. The molecule has 35 heavy (non-hydrogen) atoms. The van der Waals surface area contributed by atoms with E-state index >= 15 is 0 Å². The zero-order chi connectivity index (χ0) is 24.9. The molecule has 3 aromatic rings. The summed E-state index contributed by atoms with van der Waals surface area (Å²) in [6.45, 7) is 2.04. The number of aliphatic hydroxyl groups excluding tert-OH is 1. The van der Waals surface area contributed by atoms with Gasteiger partial charge in [0.2, 0.25) is 0 Å². The zero-order valence-electron chi connectivity index (χ0n) is 19.4. The number of ketones is 1. The second-order valence-corrected chi connectivity index (χ2v) is 7.96. The first-order valence-corrected chi connectivity index (χ1v) is 11.2. The van der Waals surface area contributed by atoms with Gasteiger partial charge in [0.15, 0.2) is 0 Å². The summed E-state index contributed by atoms with van der Waals surface area (Å²) >= 11 is 0. The molecular weight excluding hydrogens is 446 g/mol. The molecule has 1 atom stereocenters. The number of Topliss-reactive ketones (excluding diaryl/α,β-unsaturated/α-hetero) is 1. The van der Waals surface area contributed by atoms with Gasteiger partial charge in [-0.2, -0.15) is 0 Å². The molecule has 7 nitrogen and oxygen atoms in total. The summed E-state index contributed by atoms with van der Waals surface area (Å²) in [6, 6.07) is 21.7. The van der Waals surface area contributed by atoms with Crippen LogP contribution in [-0.2, 0) is 25.5 Å². The number of carbonyl (C=O) groups excluding carboxylic acids is 3. The maximum atomic E-state index is 13.2. The Bertz CT molecular complexity index is 1260. The topological polar surface area (TPSA) is 93.1 Å². The van der Waals surface area contributed by atoms with Crippen molar-refractivity contribution >= 4 is 29.1 Å². The molecular formula is C28H25NO6. The van der Waals surface area contributed by atoms with Crippen LogP contribution in [0, 0.1) is 0 Å². The summed E-state index contributed by atoms with van der Waals surface area (Å²) in [5.74, 6) is -1.52. The lowest BCUT2D eigenvalue weighted by atomic mass is 9.95. The molecule has 7 heteroatoms. The van der Waals surface area contributed by atoms with Crippen molar-refractivity contribution in [2.45, 2.75) is 19.4 Å². The van der Waals surface area contributed by atoms with E-state index in [0.717, 1.165) is 5.56 Å². The van der Waals surface area contributed by atoms with E-state index in [1.807, 2.05) is 18.2 Å². The van der Waals surface area contributed by atoms with Gasteiger partial charge in [-0.25, -0.2) is 0 Å². The summed E-state index contributed by atoms with van der Waals surface area (Å²) < 4.78 is 10.2. The van der Waals surface area contributed by atoms with E-state index in [1.165, 1.54) is 12.0 Å². The zero-order valence-corrected chi connectivity index (χ0v) is 19.4. The number of hydrogen-bond donors (Lipinski definition) is 1. The Morgan fingerprint density at radius 2 is 1.60 bits per heavy atom. The number of benzene rings is 3. The van der Waals surface area contributed by atoms with E-state index in [1.54, 1.807) is 67.6 Å². The number of carbonyl (C=O) groups is 3. The second-order valence-electron chi connectivity index (χ2n) is 7.96. The van der Waals surface area contributed by atoms with Crippen LogP contribution in [0.1, 0.15) is 29.7 Å². The molecule has 178 valence electrons. The lowest BCUT2D eigenvalue weighted by molar-refractivity contribution is -0.142. The van der Waals surface area contributed by atoms with Crippen LogP contribution >= 0.6 is 0 Å². The van der Waals surface area contributed by atoms with Gasteiger partial charge in [0.1, 0.15) is 11.5 Å². The van der Waals surface area contributed by atoms with Gasteiger partial charge in [0, 0.05) is 11.3 Å². The second kappa shape index (κ2) is 10.3. The number of hydrogen-bond acceptors (Lipinski definition) is 6. The molecule has 4 rings (SSSR count). The average Bonchev–Trinajstić information content (AvgIpc) is 3.15. The number of rotatable bonds is 7. The summed E-state index contributed by atoms with van der Waals surface area (Å²) in [5.41, 5.74) is 2.27. The van der Waals surface area contributed by atoms with Gasteiger partial charge in [-0.3, -0.25) is 19.3 Å². The Labute approximate surface area is 203 Å². The maximum absolute atomic E-state index is 13.2. The van der Waals surface area contributed by atoms with Gasteiger partial charge in [-0.15, -0.1) is 0 Å². The smallest absolute Gasteiger partial charge is 0.310 e. The van der Waals surface area contributed by atoms with E-state index < -0.39 is 17.7 Å². The molecule has 3 aromatic carbocycles. The van der Waals surface area contributed by atoms with Crippen LogP contribution in [-0.4, -0.2) is 36.5 Å². The highest BCUT2D eigenvalue weighted by molar-refractivity contribution is 6.51. The van der Waals surface area contributed by atoms with Crippen molar-refractivity contribution in [2.75, 3.05) is 18.6 Å². The SMILES string of the molecule is CCOC(=O)Cc1ccc(N2C(=O)C(=O)/C(=C(\O)c3ccc(OC)cc3)C2c2ccccc2)cc1. The van der Waals surface area contributed by atoms with Crippen molar-refractivity contribution in [3.8, 4) is 5.75 Å². The molecule has 1 amide bonds. The fourth-order valence-electron chi connectivity index (χ4n) is 4.11. The maximum Gasteiger partial charge on any atom is 0.310 e. The predicted octanol–water partition coefficient (Wildman–Crippen LogP) is 4.43. The fraction of sp³-hybridized carbons (Fsp3) is 0.179. The highest BCUT2D eigenvalue weighted by Crippen LogP contribution is 2.42. The first-order valence-electron chi connectivity index (χ1n) is 11.2. The molecule has 1 aliphatic rings. The van der Waals surface area contributed by atoms with Crippen molar-refractivity contribution in [1.29, 1.82) is 0 Å². The Morgan fingerprint density at radius 3 is 2.20 bits per heavy atom. The number of amides is 1. The highest BCUT2D eigenvalue weighted by atomic mass is 16.5. The van der Waals surface area contributed by atoms with Gasteiger partial charge in [-0.1, -0.05) is 42.5 Å². The number of methoxy groups -OCH3 is 1. The van der Waals surface area contributed by atoms with Crippen molar-refractivity contribution < 1.29 is 29.0 Å². The van der Waals surface area contributed by atoms with Gasteiger partial charge in [0.25, 0.3) is 11.7 Å². The van der Waals surface area contributed by atoms with E-state index in [2.05, 4.69) is 0 Å². The standard InChI is InChI=1S/C28H25NO6/c1-3-35-23(30)17-18-9-13-21(14-10-18)29-25(19-7-5-4-6-8-19)24(27(32)28(29)33)26(31)20-11-15-22(34-2)16-12-20/h4-16,25,31H,3,17H2,1-2H3/b26-24-. The molecule has 0 bridgehead atoms. The van der Waals surface area contributed by atoms with E-state index in [-0.39, 0.29) is 23.7 Å². The fourth-order valence-corrected chi connectivity index (χ4v) is 4.11. The number of nitrogens with zero attached hydrogens (tertiary/aromatic N) is 1. The van der Waals surface area contributed by atoms with Crippen LogP contribution < -0.4 is 9.64 Å². The van der Waals surface area contributed by atoms with E-state index in [0.29, 0.717) is 29.2 Å². The minimum absolute atomic E-state index is 0.00182. The van der Waals surface area contributed by atoms with Gasteiger partial charge < -0.3 is 14.6 Å². The molecule has 1 heterocycles. The Hall–Kier alpha value is -4.39. The Balaban J connectivity index is 1.78. The van der Waals surface area contributed by atoms with Crippen LogP contribution in [0.5, 0.6) is 5.75 Å². The molecule has 0 spiro atoms. The van der Waals surface area contributed by atoms with Crippen LogP contribution in [0.15, 0.2) is 84.4 Å². The van der Waals surface area contributed by atoms with Gasteiger partial charge >= 0.3 is 5.97 Å². The third-order valence-corrected chi connectivity index (χ3v) is 5.79. The highest BCUT2D eigenvalue weighted by Gasteiger charge is 2.46.